The Hall–Kier alpha value is -1.01. The minimum absolute atomic E-state index is 0.0850. The SMILES string of the molecule is CC(C)CNCc1nnnn1C1(C)CCOC1. The summed E-state index contributed by atoms with van der Waals surface area (Å²) in [6.07, 6.45) is 0.967. The van der Waals surface area contributed by atoms with Gasteiger partial charge in [-0.15, -0.1) is 5.10 Å². The zero-order valence-electron chi connectivity index (χ0n) is 10.8. The lowest BCUT2D eigenvalue weighted by Gasteiger charge is -2.23. The van der Waals surface area contributed by atoms with E-state index >= 15 is 0 Å². The molecule has 1 N–H and O–H groups in total. The zero-order chi connectivity index (χ0) is 12.3. The quantitative estimate of drug-likeness (QED) is 0.813. The number of tetrazole rings is 1. The molecule has 6 nitrogen and oxygen atoms in total. The van der Waals surface area contributed by atoms with Crippen molar-refractivity contribution in [3.8, 4) is 0 Å². The highest BCUT2D eigenvalue weighted by atomic mass is 16.5. The van der Waals surface area contributed by atoms with Gasteiger partial charge in [-0.05, 0) is 36.2 Å². The molecule has 6 heteroatoms. The minimum Gasteiger partial charge on any atom is -0.379 e. The summed E-state index contributed by atoms with van der Waals surface area (Å²) in [5.74, 6) is 1.52. The van der Waals surface area contributed by atoms with Crippen LogP contribution in [0.5, 0.6) is 0 Å². The van der Waals surface area contributed by atoms with Gasteiger partial charge in [-0.1, -0.05) is 13.8 Å². The van der Waals surface area contributed by atoms with Crippen LogP contribution in [0.15, 0.2) is 0 Å². The number of hydrogen-bond donors (Lipinski definition) is 1. The van der Waals surface area contributed by atoms with Gasteiger partial charge < -0.3 is 10.1 Å². The Morgan fingerprint density at radius 2 is 2.35 bits per heavy atom. The lowest BCUT2D eigenvalue weighted by atomic mass is 10.0. The molecule has 0 spiro atoms. The Kier molecular flexibility index (Phi) is 3.73. The fourth-order valence-corrected chi connectivity index (χ4v) is 2.03. The summed E-state index contributed by atoms with van der Waals surface area (Å²) >= 11 is 0. The molecule has 1 aliphatic heterocycles. The van der Waals surface area contributed by atoms with Crippen molar-refractivity contribution in [1.29, 1.82) is 0 Å². The maximum atomic E-state index is 5.44. The number of rotatable bonds is 5. The van der Waals surface area contributed by atoms with Crippen LogP contribution in [0.2, 0.25) is 0 Å². The third-order valence-corrected chi connectivity index (χ3v) is 3.08. The Bertz CT molecular complexity index is 356. The smallest absolute Gasteiger partial charge is 0.165 e. The van der Waals surface area contributed by atoms with Crippen LogP contribution in [-0.4, -0.2) is 40.0 Å². The summed E-state index contributed by atoms with van der Waals surface area (Å²) in [6.45, 7) is 9.66. The first-order valence-electron chi connectivity index (χ1n) is 6.18. The molecule has 0 aromatic carbocycles. The van der Waals surface area contributed by atoms with E-state index in [1.165, 1.54) is 0 Å². The fourth-order valence-electron chi connectivity index (χ4n) is 2.03. The first-order valence-corrected chi connectivity index (χ1v) is 6.18. The molecule has 1 atom stereocenters. The highest BCUT2D eigenvalue weighted by molar-refractivity contribution is 4.92. The second-order valence-corrected chi connectivity index (χ2v) is 5.33. The van der Waals surface area contributed by atoms with E-state index in [2.05, 4.69) is 41.6 Å². The van der Waals surface area contributed by atoms with E-state index in [9.17, 15) is 0 Å². The predicted octanol–water partition coefficient (Wildman–Crippen LogP) is 0.554. The standard InChI is InChI=1S/C11H21N5O/c1-9(2)6-12-7-10-13-14-15-16(10)11(3)4-5-17-8-11/h9,12H,4-8H2,1-3H3. The van der Waals surface area contributed by atoms with Gasteiger partial charge in [0.2, 0.25) is 0 Å². The molecule has 0 aliphatic carbocycles. The van der Waals surface area contributed by atoms with E-state index in [1.807, 2.05) is 4.68 Å². The normalized spacial score (nSPS) is 24.7. The van der Waals surface area contributed by atoms with Crippen molar-refractivity contribution < 1.29 is 4.74 Å². The van der Waals surface area contributed by atoms with E-state index in [0.717, 1.165) is 25.4 Å². The van der Waals surface area contributed by atoms with Gasteiger partial charge in [-0.2, -0.15) is 0 Å². The third kappa shape index (κ3) is 2.81. The average molecular weight is 239 g/mol. The molecule has 96 valence electrons. The lowest BCUT2D eigenvalue weighted by Crippen LogP contribution is -2.34. The summed E-state index contributed by atoms with van der Waals surface area (Å²) in [5.41, 5.74) is -0.0850. The molecule has 0 amide bonds. The molecule has 0 radical (unpaired) electrons. The maximum absolute atomic E-state index is 5.44. The molecule has 1 saturated heterocycles. The van der Waals surface area contributed by atoms with Gasteiger partial charge in [0.25, 0.3) is 0 Å². The second-order valence-electron chi connectivity index (χ2n) is 5.33. The van der Waals surface area contributed by atoms with Crippen molar-refractivity contribution in [2.75, 3.05) is 19.8 Å². The topological polar surface area (TPSA) is 64.9 Å². The molecule has 0 saturated carbocycles. The summed E-state index contributed by atoms with van der Waals surface area (Å²) in [4.78, 5) is 0. The van der Waals surface area contributed by atoms with Crippen LogP contribution in [0.1, 0.15) is 33.0 Å². The van der Waals surface area contributed by atoms with Crippen molar-refractivity contribution >= 4 is 0 Å². The summed E-state index contributed by atoms with van der Waals surface area (Å²) < 4.78 is 7.35. The molecule has 1 fully saturated rings. The number of hydrogen-bond acceptors (Lipinski definition) is 5. The van der Waals surface area contributed by atoms with Gasteiger partial charge in [0, 0.05) is 6.61 Å². The van der Waals surface area contributed by atoms with E-state index in [1.54, 1.807) is 0 Å². The largest absolute Gasteiger partial charge is 0.379 e. The summed E-state index contributed by atoms with van der Waals surface area (Å²) in [5, 5.41) is 15.3. The Morgan fingerprint density at radius 1 is 1.53 bits per heavy atom. The fraction of sp³-hybridized carbons (Fsp3) is 0.909. The monoisotopic (exact) mass is 239 g/mol. The minimum atomic E-state index is -0.0850. The van der Waals surface area contributed by atoms with Crippen LogP contribution >= 0.6 is 0 Å². The molecule has 2 heterocycles. The van der Waals surface area contributed by atoms with Crippen LogP contribution in [0.4, 0.5) is 0 Å². The zero-order valence-corrected chi connectivity index (χ0v) is 10.8. The molecule has 1 aliphatic rings. The molecule has 1 unspecified atom stereocenters. The van der Waals surface area contributed by atoms with E-state index < -0.39 is 0 Å². The highest BCUT2D eigenvalue weighted by Gasteiger charge is 2.34. The van der Waals surface area contributed by atoms with E-state index in [4.69, 9.17) is 4.74 Å². The molecule has 17 heavy (non-hydrogen) atoms. The van der Waals surface area contributed by atoms with Crippen molar-refractivity contribution in [1.82, 2.24) is 25.5 Å². The van der Waals surface area contributed by atoms with E-state index in [-0.39, 0.29) is 5.54 Å². The first-order chi connectivity index (χ1) is 8.12. The third-order valence-electron chi connectivity index (χ3n) is 3.08. The van der Waals surface area contributed by atoms with E-state index in [0.29, 0.717) is 19.1 Å². The van der Waals surface area contributed by atoms with Crippen molar-refractivity contribution in [2.45, 2.75) is 39.3 Å². The average Bonchev–Trinajstić information content (AvgIpc) is 2.87. The van der Waals surface area contributed by atoms with Crippen LogP contribution in [0.25, 0.3) is 0 Å². The van der Waals surface area contributed by atoms with Gasteiger partial charge in [0.15, 0.2) is 5.82 Å². The Balaban J connectivity index is 2.01. The maximum Gasteiger partial charge on any atom is 0.165 e. The Labute approximate surface area is 102 Å². The van der Waals surface area contributed by atoms with Gasteiger partial charge >= 0.3 is 0 Å². The van der Waals surface area contributed by atoms with Crippen molar-refractivity contribution in [3.63, 3.8) is 0 Å². The van der Waals surface area contributed by atoms with Crippen LogP contribution < -0.4 is 5.32 Å². The molecular formula is C11H21N5O. The summed E-state index contributed by atoms with van der Waals surface area (Å²) in [7, 11) is 0. The van der Waals surface area contributed by atoms with Gasteiger partial charge in [-0.3, -0.25) is 0 Å². The number of nitrogens with zero attached hydrogens (tertiary/aromatic N) is 4. The predicted molar refractivity (Wildman–Crippen MR) is 63.4 cm³/mol. The van der Waals surface area contributed by atoms with Crippen LogP contribution in [0.3, 0.4) is 0 Å². The molecule has 1 aromatic rings. The van der Waals surface area contributed by atoms with Crippen molar-refractivity contribution in [2.24, 2.45) is 5.92 Å². The molecule has 1 aromatic heterocycles. The number of aromatic nitrogens is 4. The van der Waals surface area contributed by atoms with Gasteiger partial charge in [0.05, 0.1) is 18.7 Å². The highest BCUT2D eigenvalue weighted by Crippen LogP contribution is 2.26. The van der Waals surface area contributed by atoms with Gasteiger partial charge in [-0.25, -0.2) is 4.68 Å². The molecular weight excluding hydrogens is 218 g/mol. The summed E-state index contributed by atoms with van der Waals surface area (Å²) in [6, 6.07) is 0. The number of ether oxygens (including phenoxy) is 1. The molecule has 2 rings (SSSR count). The van der Waals surface area contributed by atoms with Crippen LogP contribution in [-0.2, 0) is 16.8 Å². The van der Waals surface area contributed by atoms with Crippen LogP contribution in [0, 0.1) is 5.92 Å². The van der Waals surface area contributed by atoms with Gasteiger partial charge in [0.1, 0.15) is 0 Å². The number of nitrogens with one attached hydrogen (secondary N) is 1. The Morgan fingerprint density at radius 3 is 3.00 bits per heavy atom. The first kappa shape index (κ1) is 12.4. The molecule has 0 bridgehead atoms. The van der Waals surface area contributed by atoms with Crippen molar-refractivity contribution in [3.05, 3.63) is 5.82 Å². The second kappa shape index (κ2) is 5.10. The lowest BCUT2D eigenvalue weighted by molar-refractivity contribution is 0.152.